The van der Waals surface area contributed by atoms with Gasteiger partial charge in [0.15, 0.2) is 5.16 Å². The molecule has 2 aromatic rings. The quantitative estimate of drug-likeness (QED) is 0.553. The summed E-state index contributed by atoms with van der Waals surface area (Å²) in [6.45, 7) is 1.84. The standard InChI is InChI=1S/C14H18IN3O2S/c1-17(2)6-3-7-18-12-5-4-10(15)8-11(12)16-14(18)21-9-13(19)20/h4-5,8H,3,6-7,9H2,1-2H3,(H,19,20). The lowest BCUT2D eigenvalue weighted by molar-refractivity contribution is -0.133. The van der Waals surface area contributed by atoms with Crippen LogP contribution in [-0.2, 0) is 11.3 Å². The van der Waals surface area contributed by atoms with E-state index in [1.54, 1.807) is 0 Å². The number of carboxylic acids is 1. The molecule has 1 aromatic carbocycles. The number of imidazole rings is 1. The Labute approximate surface area is 141 Å². The first kappa shape index (κ1) is 16.6. The molecule has 0 bridgehead atoms. The van der Waals surface area contributed by atoms with E-state index in [4.69, 9.17) is 5.11 Å². The lowest BCUT2D eigenvalue weighted by Gasteiger charge is -2.12. The van der Waals surface area contributed by atoms with Crippen LogP contribution in [0.4, 0.5) is 0 Å². The van der Waals surface area contributed by atoms with Gasteiger partial charge in [0.25, 0.3) is 0 Å². The summed E-state index contributed by atoms with van der Waals surface area (Å²) in [6, 6.07) is 6.15. The Kier molecular flexibility index (Phi) is 5.88. The maximum Gasteiger partial charge on any atom is 0.313 e. The third-order valence-electron chi connectivity index (χ3n) is 2.99. The summed E-state index contributed by atoms with van der Waals surface area (Å²) in [5.74, 6) is -0.782. The third kappa shape index (κ3) is 4.58. The molecule has 1 aromatic heterocycles. The van der Waals surface area contributed by atoms with Gasteiger partial charge in [-0.2, -0.15) is 0 Å². The SMILES string of the molecule is CN(C)CCCn1c(SCC(=O)O)nc2cc(I)ccc21. The number of carbonyl (C=O) groups is 1. The highest BCUT2D eigenvalue weighted by Gasteiger charge is 2.13. The molecule has 5 nitrogen and oxygen atoms in total. The molecule has 0 aliphatic carbocycles. The number of aliphatic carboxylic acids is 1. The lowest BCUT2D eigenvalue weighted by Crippen LogP contribution is -2.15. The van der Waals surface area contributed by atoms with Gasteiger partial charge in [-0.15, -0.1) is 0 Å². The van der Waals surface area contributed by atoms with Gasteiger partial charge < -0.3 is 14.6 Å². The van der Waals surface area contributed by atoms with Crippen molar-refractivity contribution < 1.29 is 9.90 Å². The summed E-state index contributed by atoms with van der Waals surface area (Å²) < 4.78 is 3.26. The van der Waals surface area contributed by atoms with Crippen molar-refractivity contribution >= 4 is 51.4 Å². The zero-order chi connectivity index (χ0) is 15.4. The maximum atomic E-state index is 10.8. The fourth-order valence-electron chi connectivity index (χ4n) is 2.08. The Balaban J connectivity index is 2.27. The predicted molar refractivity (Wildman–Crippen MR) is 94.0 cm³/mol. The zero-order valence-electron chi connectivity index (χ0n) is 12.0. The first-order chi connectivity index (χ1) is 9.97. The van der Waals surface area contributed by atoms with Crippen LogP contribution in [0.3, 0.4) is 0 Å². The van der Waals surface area contributed by atoms with Crippen molar-refractivity contribution in [3.8, 4) is 0 Å². The van der Waals surface area contributed by atoms with Gasteiger partial charge in [0.2, 0.25) is 0 Å². The van der Waals surface area contributed by atoms with E-state index in [1.807, 2.05) is 6.07 Å². The summed E-state index contributed by atoms with van der Waals surface area (Å²) in [5.41, 5.74) is 2.00. The number of hydrogen-bond acceptors (Lipinski definition) is 4. The average molecular weight is 419 g/mol. The number of aryl methyl sites for hydroxylation is 1. The molecule has 0 atom stereocenters. The van der Waals surface area contributed by atoms with Gasteiger partial charge in [0.1, 0.15) is 0 Å². The van der Waals surface area contributed by atoms with Crippen molar-refractivity contribution in [2.24, 2.45) is 0 Å². The Hall–Kier alpha value is -0.800. The number of nitrogens with zero attached hydrogens (tertiary/aromatic N) is 3. The van der Waals surface area contributed by atoms with Crippen LogP contribution in [0.15, 0.2) is 23.4 Å². The van der Waals surface area contributed by atoms with E-state index in [2.05, 4.69) is 63.3 Å². The molecule has 2 rings (SSSR count). The van der Waals surface area contributed by atoms with Crippen LogP contribution < -0.4 is 0 Å². The van der Waals surface area contributed by atoms with Gasteiger partial charge in [0, 0.05) is 10.1 Å². The largest absolute Gasteiger partial charge is 0.481 e. The Morgan fingerprint density at radius 3 is 2.90 bits per heavy atom. The van der Waals surface area contributed by atoms with Gasteiger partial charge in [-0.25, -0.2) is 4.98 Å². The second-order valence-electron chi connectivity index (χ2n) is 5.02. The minimum Gasteiger partial charge on any atom is -0.481 e. The summed E-state index contributed by atoms with van der Waals surface area (Å²) in [4.78, 5) is 17.5. The second-order valence-corrected chi connectivity index (χ2v) is 7.21. The van der Waals surface area contributed by atoms with E-state index in [0.29, 0.717) is 0 Å². The highest BCUT2D eigenvalue weighted by Crippen LogP contribution is 2.25. The highest BCUT2D eigenvalue weighted by atomic mass is 127. The third-order valence-corrected chi connectivity index (χ3v) is 4.62. The average Bonchev–Trinajstić information content (AvgIpc) is 2.73. The van der Waals surface area contributed by atoms with Crippen LogP contribution in [0.2, 0.25) is 0 Å². The Morgan fingerprint density at radius 2 is 2.24 bits per heavy atom. The van der Waals surface area contributed by atoms with Crippen molar-refractivity contribution in [2.75, 3.05) is 26.4 Å². The first-order valence-corrected chi connectivity index (χ1v) is 8.69. The van der Waals surface area contributed by atoms with Gasteiger partial charge in [0.05, 0.1) is 16.8 Å². The molecule has 0 amide bonds. The highest BCUT2D eigenvalue weighted by molar-refractivity contribution is 14.1. The molecule has 0 saturated heterocycles. The number of thioether (sulfide) groups is 1. The predicted octanol–water partition coefficient (Wildman–Crippen LogP) is 2.77. The molecule has 0 saturated carbocycles. The molecule has 114 valence electrons. The number of aromatic nitrogens is 2. The number of fused-ring (bicyclic) bond motifs is 1. The van der Waals surface area contributed by atoms with Crippen LogP contribution >= 0.6 is 34.4 Å². The number of benzene rings is 1. The Bertz CT molecular complexity index is 642. The van der Waals surface area contributed by atoms with Crippen LogP contribution in [0.25, 0.3) is 11.0 Å². The summed E-state index contributed by atoms with van der Waals surface area (Å²) >= 11 is 3.54. The summed E-state index contributed by atoms with van der Waals surface area (Å²) in [5, 5.41) is 9.65. The second kappa shape index (κ2) is 7.46. The van der Waals surface area contributed by atoms with Gasteiger partial charge in [-0.3, -0.25) is 4.79 Å². The van der Waals surface area contributed by atoms with Crippen molar-refractivity contribution in [1.82, 2.24) is 14.5 Å². The molecule has 0 unspecified atom stereocenters. The van der Waals surface area contributed by atoms with Crippen LogP contribution in [-0.4, -0.2) is 51.9 Å². The smallest absolute Gasteiger partial charge is 0.313 e. The zero-order valence-corrected chi connectivity index (χ0v) is 15.0. The van der Waals surface area contributed by atoms with Crippen molar-refractivity contribution in [3.05, 3.63) is 21.8 Å². The normalized spacial score (nSPS) is 11.4. The fourth-order valence-corrected chi connectivity index (χ4v) is 3.31. The molecule has 1 N–H and O–H groups in total. The Morgan fingerprint density at radius 1 is 1.48 bits per heavy atom. The van der Waals surface area contributed by atoms with E-state index in [0.717, 1.165) is 39.3 Å². The van der Waals surface area contributed by atoms with E-state index in [9.17, 15) is 4.79 Å². The first-order valence-electron chi connectivity index (χ1n) is 6.62. The van der Waals surface area contributed by atoms with Gasteiger partial charge in [-0.05, 0) is 67.9 Å². The van der Waals surface area contributed by atoms with E-state index >= 15 is 0 Å². The molecular formula is C14H18IN3O2S. The number of carboxylic acid groups (broad SMARTS) is 1. The fraction of sp³-hybridized carbons (Fsp3) is 0.429. The summed E-state index contributed by atoms with van der Waals surface area (Å²) in [6.07, 6.45) is 1.01. The summed E-state index contributed by atoms with van der Waals surface area (Å²) in [7, 11) is 4.10. The maximum absolute atomic E-state index is 10.8. The molecule has 0 aliphatic rings. The van der Waals surface area contributed by atoms with Crippen LogP contribution in [0, 0.1) is 3.57 Å². The minimum atomic E-state index is -0.818. The van der Waals surface area contributed by atoms with Crippen molar-refractivity contribution in [3.63, 3.8) is 0 Å². The molecule has 0 spiro atoms. The molecule has 0 radical (unpaired) electrons. The molecule has 0 fully saturated rings. The minimum absolute atomic E-state index is 0.0358. The van der Waals surface area contributed by atoms with Crippen molar-refractivity contribution in [2.45, 2.75) is 18.1 Å². The van der Waals surface area contributed by atoms with E-state index in [-0.39, 0.29) is 5.75 Å². The molecular weight excluding hydrogens is 401 g/mol. The number of hydrogen-bond donors (Lipinski definition) is 1. The molecule has 21 heavy (non-hydrogen) atoms. The van der Waals surface area contributed by atoms with E-state index < -0.39 is 5.97 Å². The van der Waals surface area contributed by atoms with Crippen molar-refractivity contribution in [1.29, 1.82) is 0 Å². The molecule has 0 aliphatic heterocycles. The number of rotatable bonds is 7. The number of halogens is 1. The van der Waals surface area contributed by atoms with Gasteiger partial charge >= 0.3 is 5.97 Å². The lowest BCUT2D eigenvalue weighted by atomic mass is 10.3. The molecule has 7 heteroatoms. The molecule has 1 heterocycles. The topological polar surface area (TPSA) is 58.4 Å². The van der Waals surface area contributed by atoms with E-state index in [1.165, 1.54) is 11.8 Å². The van der Waals surface area contributed by atoms with Gasteiger partial charge in [-0.1, -0.05) is 11.8 Å². The van der Waals surface area contributed by atoms with Crippen LogP contribution in [0.1, 0.15) is 6.42 Å². The van der Waals surface area contributed by atoms with Crippen LogP contribution in [0.5, 0.6) is 0 Å². The monoisotopic (exact) mass is 419 g/mol.